The maximum absolute atomic E-state index is 13.7. The molecule has 0 bridgehead atoms. The molecule has 0 aliphatic heterocycles. The van der Waals surface area contributed by atoms with E-state index in [9.17, 15) is 14.0 Å². The van der Waals surface area contributed by atoms with Gasteiger partial charge in [0.2, 0.25) is 0 Å². The Morgan fingerprint density at radius 2 is 2.00 bits per heavy atom. The minimum Gasteiger partial charge on any atom is -0.494 e. The topological polar surface area (TPSA) is 64.6 Å². The Hall–Kier alpha value is -2.89. The number of esters is 1. The molecule has 27 heavy (non-hydrogen) atoms. The first-order chi connectivity index (χ1) is 13.0. The van der Waals surface area contributed by atoms with E-state index in [4.69, 9.17) is 9.47 Å². The molecule has 0 spiro atoms. The smallest absolute Gasteiger partial charge is 0.339 e. The lowest BCUT2D eigenvalue weighted by molar-refractivity contribution is -0.130. The number of amides is 1. The molecular formula is C21H22FNO4. The Bertz CT molecular complexity index is 852. The van der Waals surface area contributed by atoms with Crippen LogP contribution in [0.25, 0.3) is 0 Å². The lowest BCUT2D eigenvalue weighted by Gasteiger charge is -2.27. The third kappa shape index (κ3) is 4.27. The molecule has 2 aromatic carbocycles. The van der Waals surface area contributed by atoms with Crippen LogP contribution in [0.4, 0.5) is 4.39 Å². The van der Waals surface area contributed by atoms with Gasteiger partial charge < -0.3 is 14.8 Å². The van der Waals surface area contributed by atoms with Gasteiger partial charge in [0.05, 0.1) is 18.7 Å². The number of rotatable bonds is 5. The molecule has 0 aromatic heterocycles. The van der Waals surface area contributed by atoms with Crippen LogP contribution < -0.4 is 10.1 Å². The lowest BCUT2D eigenvalue weighted by atomic mass is 9.87. The maximum Gasteiger partial charge on any atom is 0.339 e. The van der Waals surface area contributed by atoms with Gasteiger partial charge in [-0.1, -0.05) is 24.3 Å². The quantitative estimate of drug-likeness (QED) is 0.816. The summed E-state index contributed by atoms with van der Waals surface area (Å²) in [6.45, 7) is 1.50. The number of methoxy groups -OCH3 is 1. The molecule has 1 aliphatic carbocycles. The average Bonchev–Trinajstić information content (AvgIpc) is 2.68. The van der Waals surface area contributed by atoms with Crippen molar-refractivity contribution in [1.82, 2.24) is 5.32 Å². The summed E-state index contributed by atoms with van der Waals surface area (Å²) in [6.07, 6.45) is 1.83. The van der Waals surface area contributed by atoms with Crippen molar-refractivity contribution in [1.29, 1.82) is 0 Å². The van der Waals surface area contributed by atoms with Gasteiger partial charge in [-0.3, -0.25) is 4.79 Å². The van der Waals surface area contributed by atoms with Crippen LogP contribution in [0.15, 0.2) is 42.5 Å². The van der Waals surface area contributed by atoms with Crippen molar-refractivity contribution in [2.45, 2.75) is 38.3 Å². The zero-order valence-corrected chi connectivity index (χ0v) is 15.3. The summed E-state index contributed by atoms with van der Waals surface area (Å²) in [6, 6.07) is 11.7. The molecule has 0 heterocycles. The maximum atomic E-state index is 13.7. The van der Waals surface area contributed by atoms with E-state index in [1.165, 1.54) is 31.7 Å². The van der Waals surface area contributed by atoms with Crippen LogP contribution in [-0.4, -0.2) is 25.1 Å². The van der Waals surface area contributed by atoms with Crippen LogP contribution in [-0.2, 0) is 16.0 Å². The molecule has 1 aliphatic rings. The zero-order chi connectivity index (χ0) is 19.4. The summed E-state index contributed by atoms with van der Waals surface area (Å²) in [5.74, 6) is -1.77. The first kappa shape index (κ1) is 18.9. The molecule has 0 fully saturated rings. The second kappa shape index (κ2) is 8.20. The van der Waals surface area contributed by atoms with E-state index < -0.39 is 17.9 Å². The van der Waals surface area contributed by atoms with E-state index in [1.807, 2.05) is 18.2 Å². The van der Waals surface area contributed by atoms with E-state index in [-0.39, 0.29) is 23.3 Å². The highest BCUT2D eigenvalue weighted by Gasteiger charge is 2.25. The van der Waals surface area contributed by atoms with E-state index in [0.717, 1.165) is 30.9 Å². The summed E-state index contributed by atoms with van der Waals surface area (Å²) in [5, 5.41) is 2.95. The molecule has 5 nitrogen and oxygen atoms in total. The monoisotopic (exact) mass is 371 g/mol. The second-order valence-corrected chi connectivity index (χ2v) is 6.55. The fraction of sp³-hybridized carbons (Fsp3) is 0.333. The van der Waals surface area contributed by atoms with Gasteiger partial charge in [-0.15, -0.1) is 0 Å². The zero-order valence-electron chi connectivity index (χ0n) is 15.3. The standard InChI is InChI=1S/C21H22FNO4/c1-13(27-21(25)15-10-11-19(26-2)17(22)12-15)20(24)23-18-9-5-7-14-6-3-4-8-16(14)18/h3-4,6,8,10-13,18H,5,7,9H2,1-2H3,(H,23,24)/t13-,18+/m0/s1. The molecule has 0 saturated carbocycles. The Kier molecular flexibility index (Phi) is 5.74. The summed E-state index contributed by atoms with van der Waals surface area (Å²) >= 11 is 0. The average molecular weight is 371 g/mol. The van der Waals surface area contributed by atoms with E-state index in [2.05, 4.69) is 11.4 Å². The van der Waals surface area contributed by atoms with Crippen molar-refractivity contribution in [3.8, 4) is 5.75 Å². The SMILES string of the molecule is COc1ccc(C(=O)O[C@@H](C)C(=O)N[C@@H]2CCCc3ccccc32)cc1F. The van der Waals surface area contributed by atoms with Gasteiger partial charge in [-0.05, 0) is 55.5 Å². The highest BCUT2D eigenvalue weighted by atomic mass is 19.1. The van der Waals surface area contributed by atoms with E-state index in [1.54, 1.807) is 0 Å². The highest BCUT2D eigenvalue weighted by molar-refractivity contribution is 5.92. The molecule has 0 unspecified atom stereocenters. The Morgan fingerprint density at radius 3 is 2.74 bits per heavy atom. The number of halogens is 1. The molecule has 142 valence electrons. The van der Waals surface area contributed by atoms with Crippen LogP contribution >= 0.6 is 0 Å². The predicted octanol–water partition coefficient (Wildman–Crippen LogP) is 3.57. The first-order valence-electron chi connectivity index (χ1n) is 8.92. The van der Waals surface area contributed by atoms with Crippen molar-refractivity contribution in [3.63, 3.8) is 0 Å². The number of fused-ring (bicyclic) bond motifs is 1. The Labute approximate surface area is 157 Å². The second-order valence-electron chi connectivity index (χ2n) is 6.55. The first-order valence-corrected chi connectivity index (χ1v) is 8.92. The van der Waals surface area contributed by atoms with Gasteiger partial charge in [0.25, 0.3) is 5.91 Å². The minimum absolute atomic E-state index is 0.0240. The number of carbonyl (C=O) groups is 2. The number of aryl methyl sites for hydroxylation is 1. The van der Waals surface area contributed by atoms with Gasteiger partial charge in [0.15, 0.2) is 17.7 Å². The lowest BCUT2D eigenvalue weighted by Crippen LogP contribution is -2.39. The number of hydrogen-bond donors (Lipinski definition) is 1. The summed E-state index contributed by atoms with van der Waals surface area (Å²) in [5.41, 5.74) is 2.36. The van der Waals surface area contributed by atoms with Gasteiger partial charge in [0.1, 0.15) is 0 Å². The largest absolute Gasteiger partial charge is 0.494 e. The van der Waals surface area contributed by atoms with E-state index >= 15 is 0 Å². The third-order valence-electron chi connectivity index (χ3n) is 4.73. The molecule has 2 atom stereocenters. The molecule has 3 rings (SSSR count). The van der Waals surface area contributed by atoms with Crippen molar-refractivity contribution in [2.24, 2.45) is 0 Å². The normalized spacial score (nSPS) is 16.8. The van der Waals surface area contributed by atoms with Crippen LogP contribution in [0.1, 0.15) is 47.3 Å². The van der Waals surface area contributed by atoms with Crippen molar-refractivity contribution in [2.75, 3.05) is 7.11 Å². The van der Waals surface area contributed by atoms with Crippen molar-refractivity contribution >= 4 is 11.9 Å². The minimum atomic E-state index is -0.989. The van der Waals surface area contributed by atoms with Gasteiger partial charge in [-0.2, -0.15) is 0 Å². The molecular weight excluding hydrogens is 349 g/mol. The molecule has 2 aromatic rings. The number of nitrogens with one attached hydrogen (secondary N) is 1. The van der Waals surface area contributed by atoms with Gasteiger partial charge in [0, 0.05) is 0 Å². The van der Waals surface area contributed by atoms with Crippen LogP contribution in [0, 0.1) is 5.82 Å². The van der Waals surface area contributed by atoms with Crippen LogP contribution in [0.2, 0.25) is 0 Å². The Balaban J connectivity index is 1.63. The number of ether oxygens (including phenoxy) is 2. The Morgan fingerprint density at radius 1 is 1.22 bits per heavy atom. The molecule has 0 saturated heterocycles. The summed E-state index contributed by atoms with van der Waals surface area (Å²) in [7, 11) is 1.34. The van der Waals surface area contributed by atoms with Crippen LogP contribution in [0.5, 0.6) is 5.75 Å². The number of hydrogen-bond acceptors (Lipinski definition) is 4. The highest BCUT2D eigenvalue weighted by Crippen LogP contribution is 2.29. The fourth-order valence-corrected chi connectivity index (χ4v) is 3.27. The molecule has 0 radical (unpaired) electrons. The number of carbonyl (C=O) groups excluding carboxylic acids is 2. The summed E-state index contributed by atoms with van der Waals surface area (Å²) in [4.78, 5) is 24.7. The molecule has 6 heteroatoms. The number of benzene rings is 2. The van der Waals surface area contributed by atoms with Gasteiger partial charge in [-0.25, -0.2) is 9.18 Å². The third-order valence-corrected chi connectivity index (χ3v) is 4.73. The van der Waals surface area contributed by atoms with Crippen molar-refractivity contribution < 1.29 is 23.5 Å². The predicted molar refractivity (Wildman–Crippen MR) is 98.1 cm³/mol. The van der Waals surface area contributed by atoms with E-state index in [0.29, 0.717) is 0 Å². The van der Waals surface area contributed by atoms with Gasteiger partial charge >= 0.3 is 5.97 Å². The molecule has 1 N–H and O–H groups in total. The summed E-state index contributed by atoms with van der Waals surface area (Å²) < 4.78 is 23.8. The fourth-order valence-electron chi connectivity index (χ4n) is 3.27. The molecule has 1 amide bonds. The van der Waals surface area contributed by atoms with Crippen molar-refractivity contribution in [3.05, 3.63) is 65.0 Å². The van der Waals surface area contributed by atoms with Crippen LogP contribution in [0.3, 0.4) is 0 Å².